The fraction of sp³-hybridized carbons (Fsp3) is 0.412. The number of benzene rings is 1. The van der Waals surface area contributed by atoms with Gasteiger partial charge in [0.2, 0.25) is 10.0 Å². The Labute approximate surface area is 161 Å². The number of para-hydroxylation sites is 1. The van der Waals surface area contributed by atoms with Crippen molar-refractivity contribution in [3.63, 3.8) is 0 Å². The summed E-state index contributed by atoms with van der Waals surface area (Å²) in [5.41, 5.74) is 0.792. The predicted octanol–water partition coefficient (Wildman–Crippen LogP) is 2.40. The van der Waals surface area contributed by atoms with Gasteiger partial charge in [-0.15, -0.1) is 11.3 Å². The number of amides is 1. The second-order valence-corrected chi connectivity index (χ2v) is 9.91. The number of hydrogen-bond donors (Lipinski definition) is 1. The molecule has 0 saturated carbocycles. The Kier molecular flexibility index (Phi) is 5.78. The molecule has 0 bridgehead atoms. The Bertz CT molecular complexity index is 943. The van der Waals surface area contributed by atoms with Crippen molar-refractivity contribution < 1.29 is 22.3 Å². The van der Waals surface area contributed by atoms with Crippen molar-refractivity contribution in [1.29, 1.82) is 0 Å². The molecule has 0 saturated heterocycles. The van der Waals surface area contributed by atoms with Crippen molar-refractivity contribution >= 4 is 32.4 Å². The van der Waals surface area contributed by atoms with E-state index in [9.17, 15) is 17.6 Å². The van der Waals surface area contributed by atoms with Crippen LogP contribution in [0.2, 0.25) is 0 Å². The van der Waals surface area contributed by atoms with Gasteiger partial charge in [0.1, 0.15) is 0 Å². The van der Waals surface area contributed by atoms with Crippen LogP contribution >= 0.6 is 11.3 Å². The third kappa shape index (κ3) is 4.45. The highest BCUT2D eigenvalue weighted by Crippen LogP contribution is 2.30. The van der Waals surface area contributed by atoms with Crippen LogP contribution in [0.15, 0.2) is 24.3 Å². The highest BCUT2D eigenvalue weighted by Gasteiger charge is 2.31. The van der Waals surface area contributed by atoms with Crippen molar-refractivity contribution in [2.24, 2.45) is 0 Å². The normalized spacial score (nSPS) is 14.8. The Balaban J connectivity index is 1.61. The van der Waals surface area contributed by atoms with Crippen LogP contribution in [0.5, 0.6) is 5.75 Å². The lowest BCUT2D eigenvalue weighted by Crippen LogP contribution is -2.39. The molecule has 1 aromatic carbocycles. The van der Waals surface area contributed by atoms with Gasteiger partial charge in [0.25, 0.3) is 5.91 Å². The van der Waals surface area contributed by atoms with Gasteiger partial charge in [0.15, 0.2) is 23.3 Å². The molecule has 1 aromatic heterocycles. The molecule has 27 heavy (non-hydrogen) atoms. The highest BCUT2D eigenvalue weighted by atomic mass is 32.2. The molecule has 1 amide bonds. The van der Waals surface area contributed by atoms with Crippen LogP contribution < -0.4 is 10.1 Å². The average Bonchev–Trinajstić information content (AvgIpc) is 3.02. The summed E-state index contributed by atoms with van der Waals surface area (Å²) in [4.78, 5) is 17.2. The number of nitrogens with zero attached hydrogens (tertiary/aromatic N) is 2. The molecule has 7 nitrogen and oxygen atoms in total. The molecule has 0 radical (unpaired) electrons. The van der Waals surface area contributed by atoms with E-state index in [-0.39, 0.29) is 18.9 Å². The summed E-state index contributed by atoms with van der Waals surface area (Å²) in [6, 6.07) is 5.83. The number of sulfonamides is 1. The van der Waals surface area contributed by atoms with Gasteiger partial charge in [-0.05, 0) is 26.0 Å². The van der Waals surface area contributed by atoms with E-state index >= 15 is 0 Å². The van der Waals surface area contributed by atoms with E-state index in [2.05, 4.69) is 10.3 Å². The molecule has 1 aliphatic rings. The van der Waals surface area contributed by atoms with E-state index in [0.29, 0.717) is 18.1 Å². The Morgan fingerprint density at radius 3 is 2.85 bits per heavy atom. The van der Waals surface area contributed by atoms with Crippen LogP contribution in [0.1, 0.15) is 24.4 Å². The first-order valence-electron chi connectivity index (χ1n) is 8.42. The second kappa shape index (κ2) is 7.91. The first kappa shape index (κ1) is 19.7. The zero-order chi connectivity index (χ0) is 19.6. The zero-order valence-electron chi connectivity index (χ0n) is 14.9. The van der Waals surface area contributed by atoms with Crippen molar-refractivity contribution in [3.8, 4) is 5.75 Å². The van der Waals surface area contributed by atoms with Gasteiger partial charge in [-0.2, -0.15) is 4.31 Å². The smallest absolute Gasteiger partial charge is 0.264 e. The minimum Gasteiger partial charge on any atom is -0.481 e. The number of carbonyl (C=O) groups excluding carboxylic acids is 1. The number of hydrogen-bond acceptors (Lipinski definition) is 6. The number of carbonyl (C=O) groups is 1. The minimum atomic E-state index is -3.33. The number of anilines is 1. The van der Waals surface area contributed by atoms with E-state index in [1.165, 1.54) is 33.8 Å². The van der Waals surface area contributed by atoms with E-state index < -0.39 is 27.0 Å². The number of halogens is 1. The van der Waals surface area contributed by atoms with Crippen LogP contribution in [0.4, 0.5) is 9.52 Å². The summed E-state index contributed by atoms with van der Waals surface area (Å²) in [5, 5.41) is 2.51. The summed E-state index contributed by atoms with van der Waals surface area (Å²) in [6.07, 6.45) is 0.499. The van der Waals surface area contributed by atoms with Crippen molar-refractivity contribution in [2.45, 2.75) is 32.1 Å². The van der Waals surface area contributed by atoms with Gasteiger partial charge in [-0.1, -0.05) is 12.1 Å². The molecular formula is C17H20FN3O4S2. The molecule has 3 rings (SSSR count). The molecule has 146 valence electrons. The lowest BCUT2D eigenvalue weighted by atomic mass is 10.2. The molecular weight excluding hydrogens is 393 g/mol. The molecule has 0 unspecified atom stereocenters. The van der Waals surface area contributed by atoms with Crippen LogP contribution in [-0.2, 0) is 27.8 Å². The molecule has 10 heteroatoms. The fourth-order valence-corrected chi connectivity index (χ4v) is 4.97. The maximum Gasteiger partial charge on any atom is 0.264 e. The molecule has 2 heterocycles. The van der Waals surface area contributed by atoms with Crippen molar-refractivity contribution in [3.05, 3.63) is 40.7 Å². The Morgan fingerprint density at radius 2 is 2.15 bits per heavy atom. The monoisotopic (exact) mass is 413 g/mol. The molecule has 1 aliphatic heterocycles. The van der Waals surface area contributed by atoms with Gasteiger partial charge in [-0.3, -0.25) is 10.1 Å². The number of fused-ring (bicyclic) bond motifs is 1. The summed E-state index contributed by atoms with van der Waals surface area (Å²) in [7, 11) is -3.33. The maximum absolute atomic E-state index is 13.5. The molecule has 2 aromatic rings. The number of thiazole rings is 1. The topological polar surface area (TPSA) is 88.6 Å². The second-order valence-electron chi connectivity index (χ2n) is 6.33. The lowest BCUT2D eigenvalue weighted by Gasteiger charge is -2.26. The van der Waals surface area contributed by atoms with Gasteiger partial charge in [-0.25, -0.2) is 17.8 Å². The van der Waals surface area contributed by atoms with E-state index in [1.54, 1.807) is 19.9 Å². The maximum atomic E-state index is 13.5. The van der Waals surface area contributed by atoms with Crippen LogP contribution in [0.3, 0.4) is 0 Å². The first-order valence-corrected chi connectivity index (χ1v) is 10.7. The Hall–Kier alpha value is -2.04. The quantitative estimate of drug-likeness (QED) is 0.786. The zero-order valence-corrected chi connectivity index (χ0v) is 16.6. The number of nitrogens with one attached hydrogen (secondary N) is 1. The fourth-order valence-electron chi connectivity index (χ4n) is 2.60. The molecule has 1 N–H and O–H groups in total. The van der Waals surface area contributed by atoms with Crippen molar-refractivity contribution in [1.82, 2.24) is 9.29 Å². The predicted molar refractivity (Wildman–Crippen MR) is 101 cm³/mol. The number of ether oxygens (including phenoxy) is 1. The van der Waals surface area contributed by atoms with Crippen LogP contribution in [0, 0.1) is 5.82 Å². The third-order valence-electron chi connectivity index (χ3n) is 4.09. The number of rotatable bonds is 6. The summed E-state index contributed by atoms with van der Waals surface area (Å²) >= 11 is 1.24. The highest BCUT2D eigenvalue weighted by molar-refractivity contribution is 7.89. The summed E-state index contributed by atoms with van der Waals surface area (Å²) in [6.45, 7) is 3.59. The SMILES string of the molecule is CC(C)S(=O)(=O)N1CCc2nc(NC(=O)COc3ccccc3F)sc2C1. The van der Waals surface area contributed by atoms with Crippen LogP contribution in [-0.4, -0.2) is 42.0 Å². The average molecular weight is 413 g/mol. The van der Waals surface area contributed by atoms with Gasteiger partial charge >= 0.3 is 0 Å². The van der Waals surface area contributed by atoms with Crippen LogP contribution in [0.25, 0.3) is 0 Å². The number of aromatic nitrogens is 1. The standard InChI is InChI=1S/C17H20FN3O4S2/c1-11(2)27(23,24)21-8-7-13-15(9-21)26-17(19-13)20-16(22)10-25-14-6-4-3-5-12(14)18/h3-6,11H,7-10H2,1-2H3,(H,19,20,22). The van der Waals surface area contributed by atoms with Gasteiger partial charge < -0.3 is 4.74 Å². The Morgan fingerprint density at radius 1 is 1.41 bits per heavy atom. The minimum absolute atomic E-state index is 0.000571. The molecule has 0 spiro atoms. The van der Waals surface area contributed by atoms with Gasteiger partial charge in [0.05, 0.1) is 10.9 Å². The summed E-state index contributed by atoms with van der Waals surface area (Å²) in [5.74, 6) is -1.00. The first-order chi connectivity index (χ1) is 12.8. The third-order valence-corrected chi connectivity index (χ3v) is 7.31. The van der Waals surface area contributed by atoms with E-state index in [1.807, 2.05) is 0 Å². The lowest BCUT2D eigenvalue weighted by molar-refractivity contribution is -0.118. The van der Waals surface area contributed by atoms with E-state index in [0.717, 1.165) is 10.6 Å². The van der Waals surface area contributed by atoms with Crippen molar-refractivity contribution in [2.75, 3.05) is 18.5 Å². The largest absolute Gasteiger partial charge is 0.481 e. The molecule has 0 atom stereocenters. The van der Waals surface area contributed by atoms with E-state index in [4.69, 9.17) is 4.74 Å². The molecule has 0 aliphatic carbocycles. The summed E-state index contributed by atoms with van der Waals surface area (Å²) < 4.78 is 44.7. The van der Waals surface area contributed by atoms with Gasteiger partial charge in [0, 0.05) is 24.4 Å². The molecule has 0 fully saturated rings.